The van der Waals surface area contributed by atoms with Gasteiger partial charge < -0.3 is 0 Å². The molecule has 0 spiro atoms. The molecule has 3 unspecified atom stereocenters. The van der Waals surface area contributed by atoms with E-state index in [0.29, 0.717) is 11.7 Å². The van der Waals surface area contributed by atoms with Gasteiger partial charge in [0.1, 0.15) is 0 Å². The molecule has 86 valence electrons. The maximum atomic E-state index is 12.2. The minimum absolute atomic E-state index is 0.230. The third kappa shape index (κ3) is 2.31. The van der Waals surface area contributed by atoms with Crippen LogP contribution in [0, 0.1) is 17.8 Å². The maximum Gasteiger partial charge on any atom is 0.166 e. The molecule has 1 saturated carbocycles. The van der Waals surface area contributed by atoms with Crippen molar-refractivity contribution in [2.45, 2.75) is 33.1 Å². The van der Waals surface area contributed by atoms with Crippen LogP contribution in [0.25, 0.3) is 0 Å². The predicted molar refractivity (Wildman–Crippen MR) is 64.2 cm³/mol. The predicted octanol–water partition coefficient (Wildman–Crippen LogP) is 3.34. The first-order chi connectivity index (χ1) is 7.68. The molecule has 0 radical (unpaired) electrons. The lowest BCUT2D eigenvalue weighted by Gasteiger charge is -2.31. The number of carbonyl (C=O) groups excluding carboxylic acids is 1. The Balaban J connectivity index is 2.06. The second-order valence-electron chi connectivity index (χ2n) is 5.06. The topological polar surface area (TPSA) is 30.0 Å². The molecule has 2 heteroatoms. The van der Waals surface area contributed by atoms with Crippen LogP contribution in [0.5, 0.6) is 0 Å². The zero-order valence-corrected chi connectivity index (χ0v) is 10.0. The van der Waals surface area contributed by atoms with Crippen molar-refractivity contribution in [3.05, 3.63) is 30.1 Å². The first kappa shape index (κ1) is 11.3. The fourth-order valence-corrected chi connectivity index (χ4v) is 2.54. The van der Waals surface area contributed by atoms with Gasteiger partial charge in [-0.1, -0.05) is 13.8 Å². The number of pyridine rings is 1. The highest BCUT2D eigenvalue weighted by atomic mass is 16.1. The highest BCUT2D eigenvalue weighted by Gasteiger charge is 2.29. The molecule has 0 saturated heterocycles. The first-order valence-electron chi connectivity index (χ1n) is 6.12. The van der Waals surface area contributed by atoms with Crippen molar-refractivity contribution in [1.82, 2.24) is 4.98 Å². The molecule has 1 fully saturated rings. The zero-order chi connectivity index (χ0) is 11.5. The van der Waals surface area contributed by atoms with E-state index in [1.54, 1.807) is 12.4 Å². The van der Waals surface area contributed by atoms with E-state index in [2.05, 4.69) is 18.8 Å². The lowest BCUT2D eigenvalue weighted by molar-refractivity contribution is 0.0837. The summed E-state index contributed by atoms with van der Waals surface area (Å²) < 4.78 is 0. The van der Waals surface area contributed by atoms with Crippen LogP contribution in [0.2, 0.25) is 0 Å². The molecule has 0 bridgehead atoms. The highest BCUT2D eigenvalue weighted by Crippen LogP contribution is 2.34. The van der Waals surface area contributed by atoms with Crippen LogP contribution in [-0.2, 0) is 0 Å². The van der Waals surface area contributed by atoms with Gasteiger partial charge in [0, 0.05) is 23.9 Å². The lowest BCUT2D eigenvalue weighted by atomic mass is 9.73. The summed E-state index contributed by atoms with van der Waals surface area (Å²) in [5.41, 5.74) is 0.821. The van der Waals surface area contributed by atoms with Gasteiger partial charge in [-0.3, -0.25) is 9.78 Å². The summed E-state index contributed by atoms with van der Waals surface area (Å²) in [6.07, 6.45) is 6.67. The van der Waals surface area contributed by atoms with Crippen LogP contribution >= 0.6 is 0 Å². The van der Waals surface area contributed by atoms with E-state index in [1.165, 1.54) is 6.42 Å². The molecule has 1 heterocycles. The molecule has 1 aromatic heterocycles. The fourth-order valence-electron chi connectivity index (χ4n) is 2.54. The SMILES string of the molecule is CC1CCC(C(=O)c2ccncc2)CC1C. The smallest absolute Gasteiger partial charge is 0.166 e. The van der Waals surface area contributed by atoms with Crippen molar-refractivity contribution in [3.63, 3.8) is 0 Å². The standard InChI is InChI=1S/C14H19NO/c1-10-3-4-13(9-11(10)2)14(16)12-5-7-15-8-6-12/h5-8,10-11,13H,3-4,9H2,1-2H3. The molecule has 0 aliphatic heterocycles. The van der Waals surface area contributed by atoms with Gasteiger partial charge in [0.2, 0.25) is 0 Å². The van der Waals surface area contributed by atoms with Gasteiger partial charge in [-0.05, 0) is 43.2 Å². The van der Waals surface area contributed by atoms with Crippen molar-refractivity contribution in [2.75, 3.05) is 0 Å². The molecule has 0 amide bonds. The normalized spacial score (nSPS) is 30.0. The molecular weight excluding hydrogens is 198 g/mol. The average molecular weight is 217 g/mol. The molecule has 0 N–H and O–H groups in total. The molecule has 2 nitrogen and oxygen atoms in total. The molecule has 3 atom stereocenters. The quantitative estimate of drug-likeness (QED) is 0.711. The number of carbonyl (C=O) groups is 1. The summed E-state index contributed by atoms with van der Waals surface area (Å²) in [6.45, 7) is 4.55. The van der Waals surface area contributed by atoms with E-state index in [9.17, 15) is 4.79 Å². The Morgan fingerprint density at radius 2 is 1.88 bits per heavy atom. The first-order valence-corrected chi connectivity index (χ1v) is 6.12. The third-order valence-electron chi connectivity index (χ3n) is 3.93. The van der Waals surface area contributed by atoms with Crippen LogP contribution in [0.1, 0.15) is 43.5 Å². The number of hydrogen-bond donors (Lipinski definition) is 0. The third-order valence-corrected chi connectivity index (χ3v) is 3.93. The fraction of sp³-hybridized carbons (Fsp3) is 0.571. The number of nitrogens with zero attached hydrogens (tertiary/aromatic N) is 1. The monoisotopic (exact) mass is 217 g/mol. The van der Waals surface area contributed by atoms with Gasteiger partial charge in [-0.25, -0.2) is 0 Å². The van der Waals surface area contributed by atoms with Gasteiger partial charge in [0.15, 0.2) is 5.78 Å². The van der Waals surface area contributed by atoms with E-state index in [4.69, 9.17) is 0 Å². The number of hydrogen-bond acceptors (Lipinski definition) is 2. The summed E-state index contributed by atoms with van der Waals surface area (Å²) in [5, 5.41) is 0. The van der Waals surface area contributed by atoms with Gasteiger partial charge in [0.25, 0.3) is 0 Å². The molecule has 0 aromatic carbocycles. The van der Waals surface area contributed by atoms with Crippen molar-refractivity contribution in [1.29, 1.82) is 0 Å². The Morgan fingerprint density at radius 1 is 1.19 bits per heavy atom. The van der Waals surface area contributed by atoms with E-state index in [-0.39, 0.29) is 5.92 Å². The average Bonchev–Trinajstić information content (AvgIpc) is 2.33. The molecule has 1 aromatic rings. The minimum atomic E-state index is 0.230. The Kier molecular flexibility index (Phi) is 3.37. The van der Waals surface area contributed by atoms with E-state index >= 15 is 0 Å². The Hall–Kier alpha value is -1.18. The Labute approximate surface area is 97.1 Å². The van der Waals surface area contributed by atoms with Gasteiger partial charge in [-0.15, -0.1) is 0 Å². The van der Waals surface area contributed by atoms with Gasteiger partial charge in [0.05, 0.1) is 0 Å². The summed E-state index contributed by atoms with van der Waals surface area (Å²) in [6, 6.07) is 3.65. The lowest BCUT2D eigenvalue weighted by Crippen LogP contribution is -2.26. The maximum absolute atomic E-state index is 12.2. The van der Waals surface area contributed by atoms with Crippen LogP contribution in [0.15, 0.2) is 24.5 Å². The van der Waals surface area contributed by atoms with E-state index in [0.717, 1.165) is 24.3 Å². The van der Waals surface area contributed by atoms with Crippen LogP contribution < -0.4 is 0 Å². The molecule has 1 aliphatic carbocycles. The number of Topliss-reactive ketones (excluding diaryl/α,β-unsaturated/α-hetero) is 1. The Morgan fingerprint density at radius 3 is 2.50 bits per heavy atom. The summed E-state index contributed by atoms with van der Waals surface area (Å²) in [5.74, 6) is 1.97. The summed E-state index contributed by atoms with van der Waals surface area (Å²) in [7, 11) is 0. The minimum Gasteiger partial charge on any atom is -0.294 e. The van der Waals surface area contributed by atoms with Crippen molar-refractivity contribution < 1.29 is 4.79 Å². The molecular formula is C14H19NO. The van der Waals surface area contributed by atoms with Gasteiger partial charge in [-0.2, -0.15) is 0 Å². The largest absolute Gasteiger partial charge is 0.294 e. The van der Waals surface area contributed by atoms with E-state index < -0.39 is 0 Å². The van der Waals surface area contributed by atoms with Crippen molar-refractivity contribution in [2.24, 2.45) is 17.8 Å². The summed E-state index contributed by atoms with van der Waals surface area (Å²) in [4.78, 5) is 16.2. The summed E-state index contributed by atoms with van der Waals surface area (Å²) >= 11 is 0. The molecule has 1 aliphatic rings. The van der Waals surface area contributed by atoms with Crippen molar-refractivity contribution in [3.8, 4) is 0 Å². The van der Waals surface area contributed by atoms with E-state index in [1.807, 2.05) is 12.1 Å². The number of rotatable bonds is 2. The van der Waals surface area contributed by atoms with Crippen LogP contribution in [0.3, 0.4) is 0 Å². The zero-order valence-electron chi connectivity index (χ0n) is 10.0. The second-order valence-corrected chi connectivity index (χ2v) is 5.06. The number of ketones is 1. The number of aromatic nitrogens is 1. The van der Waals surface area contributed by atoms with Gasteiger partial charge >= 0.3 is 0 Å². The van der Waals surface area contributed by atoms with Crippen LogP contribution in [0.4, 0.5) is 0 Å². The Bertz CT molecular complexity index is 360. The van der Waals surface area contributed by atoms with Crippen molar-refractivity contribution >= 4 is 5.78 Å². The molecule has 2 rings (SSSR count). The van der Waals surface area contributed by atoms with Crippen LogP contribution in [-0.4, -0.2) is 10.8 Å². The second kappa shape index (κ2) is 4.77. The molecule has 16 heavy (non-hydrogen) atoms. The highest BCUT2D eigenvalue weighted by molar-refractivity contribution is 5.97.